The standard InChI is InChI=1S/C12H16N2O2/c1-13-6-7-14(9-13)11-5-4-10(15-2)8-12(11)16-3/h4-8H,9H2,1-3H3. The smallest absolute Gasteiger partial charge is 0.146 e. The van der Waals surface area contributed by atoms with E-state index in [-0.39, 0.29) is 0 Å². The van der Waals surface area contributed by atoms with Crippen molar-refractivity contribution in [1.82, 2.24) is 4.90 Å². The molecule has 0 saturated carbocycles. The maximum absolute atomic E-state index is 5.36. The van der Waals surface area contributed by atoms with Crippen LogP contribution in [0.2, 0.25) is 0 Å². The van der Waals surface area contributed by atoms with E-state index < -0.39 is 0 Å². The van der Waals surface area contributed by atoms with Gasteiger partial charge in [-0.05, 0) is 12.1 Å². The molecule has 2 rings (SSSR count). The average Bonchev–Trinajstić information content (AvgIpc) is 2.74. The van der Waals surface area contributed by atoms with Crippen LogP contribution in [0, 0.1) is 0 Å². The van der Waals surface area contributed by atoms with Gasteiger partial charge in [-0.3, -0.25) is 0 Å². The SMILES string of the molecule is COc1ccc(N2C=CN(C)C2)c(OC)c1. The van der Waals surface area contributed by atoms with Crippen molar-refractivity contribution in [2.75, 3.05) is 32.8 Å². The van der Waals surface area contributed by atoms with Crippen molar-refractivity contribution >= 4 is 5.69 Å². The minimum absolute atomic E-state index is 0.803. The molecule has 1 aromatic carbocycles. The lowest BCUT2D eigenvalue weighted by Crippen LogP contribution is -2.22. The van der Waals surface area contributed by atoms with E-state index in [1.165, 1.54) is 0 Å². The number of ether oxygens (including phenoxy) is 2. The molecule has 86 valence electrons. The molecule has 0 aromatic heterocycles. The number of benzene rings is 1. The molecule has 1 heterocycles. The zero-order valence-corrected chi connectivity index (χ0v) is 9.80. The molecular weight excluding hydrogens is 204 g/mol. The van der Waals surface area contributed by atoms with Crippen LogP contribution < -0.4 is 14.4 Å². The molecule has 0 aliphatic carbocycles. The van der Waals surface area contributed by atoms with Crippen LogP contribution in [0.3, 0.4) is 0 Å². The van der Waals surface area contributed by atoms with Crippen LogP contribution >= 0.6 is 0 Å². The van der Waals surface area contributed by atoms with E-state index in [1.54, 1.807) is 14.2 Å². The van der Waals surface area contributed by atoms with Crippen molar-refractivity contribution in [1.29, 1.82) is 0 Å². The average molecular weight is 220 g/mol. The van der Waals surface area contributed by atoms with Crippen molar-refractivity contribution in [2.45, 2.75) is 0 Å². The van der Waals surface area contributed by atoms with Crippen LogP contribution in [0.1, 0.15) is 0 Å². The molecule has 0 fully saturated rings. The molecule has 0 N–H and O–H groups in total. The molecule has 0 saturated heterocycles. The van der Waals surface area contributed by atoms with Crippen molar-refractivity contribution in [3.63, 3.8) is 0 Å². The van der Waals surface area contributed by atoms with Crippen LogP contribution in [0.4, 0.5) is 5.69 Å². The summed E-state index contributed by atoms with van der Waals surface area (Å²) >= 11 is 0. The Labute approximate surface area is 95.7 Å². The third-order valence-electron chi connectivity index (χ3n) is 2.57. The lowest BCUT2D eigenvalue weighted by molar-refractivity contribution is 0.393. The highest BCUT2D eigenvalue weighted by Gasteiger charge is 2.15. The van der Waals surface area contributed by atoms with Crippen LogP contribution in [-0.4, -0.2) is 32.8 Å². The van der Waals surface area contributed by atoms with Crippen molar-refractivity contribution in [3.05, 3.63) is 30.6 Å². The molecule has 0 unspecified atom stereocenters. The molecule has 1 aromatic rings. The van der Waals surface area contributed by atoms with Gasteiger partial charge >= 0.3 is 0 Å². The molecule has 0 bridgehead atoms. The third-order valence-corrected chi connectivity index (χ3v) is 2.57. The van der Waals surface area contributed by atoms with Crippen LogP contribution in [0.15, 0.2) is 30.6 Å². The highest BCUT2D eigenvalue weighted by molar-refractivity contribution is 5.63. The zero-order valence-electron chi connectivity index (χ0n) is 9.80. The first-order chi connectivity index (χ1) is 7.74. The minimum Gasteiger partial charge on any atom is -0.497 e. The first-order valence-corrected chi connectivity index (χ1v) is 5.12. The predicted octanol–water partition coefficient (Wildman–Crippen LogP) is 1.88. The Bertz CT molecular complexity index is 404. The highest BCUT2D eigenvalue weighted by Crippen LogP contribution is 2.33. The Hall–Kier alpha value is -1.84. The predicted molar refractivity (Wildman–Crippen MR) is 63.8 cm³/mol. The van der Waals surface area contributed by atoms with Crippen LogP contribution in [0.5, 0.6) is 11.5 Å². The van der Waals surface area contributed by atoms with Crippen molar-refractivity contribution in [2.24, 2.45) is 0 Å². The molecule has 16 heavy (non-hydrogen) atoms. The Morgan fingerprint density at radius 1 is 1.12 bits per heavy atom. The summed E-state index contributed by atoms with van der Waals surface area (Å²) in [6.45, 7) is 0.836. The van der Waals surface area contributed by atoms with Gasteiger partial charge in [-0.25, -0.2) is 0 Å². The molecular formula is C12H16N2O2. The van der Waals surface area contributed by atoms with Gasteiger partial charge in [0.2, 0.25) is 0 Å². The van der Waals surface area contributed by atoms with Crippen molar-refractivity contribution in [3.8, 4) is 11.5 Å². The van der Waals surface area contributed by atoms with E-state index in [0.29, 0.717) is 0 Å². The van der Waals surface area contributed by atoms with Crippen molar-refractivity contribution < 1.29 is 9.47 Å². The Morgan fingerprint density at radius 3 is 2.50 bits per heavy atom. The summed E-state index contributed by atoms with van der Waals surface area (Å²) in [5.74, 6) is 1.62. The quantitative estimate of drug-likeness (QED) is 0.776. The third kappa shape index (κ3) is 1.91. The maximum Gasteiger partial charge on any atom is 0.146 e. The second-order valence-electron chi connectivity index (χ2n) is 3.70. The molecule has 0 amide bonds. The molecule has 4 nitrogen and oxygen atoms in total. The summed E-state index contributed by atoms with van der Waals surface area (Å²) in [6.07, 6.45) is 4.06. The number of hydrogen-bond donors (Lipinski definition) is 0. The molecule has 4 heteroatoms. The Balaban J connectivity index is 2.30. The highest BCUT2D eigenvalue weighted by atomic mass is 16.5. The van der Waals surface area contributed by atoms with E-state index in [0.717, 1.165) is 23.9 Å². The van der Waals surface area contributed by atoms with Gasteiger partial charge in [0, 0.05) is 25.5 Å². The number of methoxy groups -OCH3 is 2. The minimum atomic E-state index is 0.803. The molecule has 0 radical (unpaired) electrons. The topological polar surface area (TPSA) is 24.9 Å². The summed E-state index contributed by atoms with van der Waals surface area (Å²) in [7, 11) is 5.35. The molecule has 0 spiro atoms. The van der Waals surface area contributed by atoms with E-state index in [9.17, 15) is 0 Å². The monoisotopic (exact) mass is 220 g/mol. The van der Waals surface area contributed by atoms with Gasteiger partial charge in [0.05, 0.1) is 26.6 Å². The van der Waals surface area contributed by atoms with Crippen LogP contribution in [-0.2, 0) is 0 Å². The van der Waals surface area contributed by atoms with Gasteiger partial charge in [0.1, 0.15) is 11.5 Å². The number of rotatable bonds is 3. The first kappa shape index (κ1) is 10.7. The van der Waals surface area contributed by atoms with E-state index in [1.807, 2.05) is 37.6 Å². The number of hydrogen-bond acceptors (Lipinski definition) is 4. The summed E-state index contributed by atoms with van der Waals surface area (Å²) in [5.41, 5.74) is 1.05. The second kappa shape index (κ2) is 4.35. The lowest BCUT2D eigenvalue weighted by atomic mass is 10.2. The molecule has 0 atom stereocenters. The van der Waals surface area contributed by atoms with E-state index in [2.05, 4.69) is 9.80 Å². The summed E-state index contributed by atoms with van der Waals surface area (Å²) in [6, 6.07) is 5.83. The molecule has 1 aliphatic rings. The van der Waals surface area contributed by atoms with Gasteiger partial charge in [-0.1, -0.05) is 0 Å². The fraction of sp³-hybridized carbons (Fsp3) is 0.333. The van der Waals surface area contributed by atoms with Gasteiger partial charge in [-0.2, -0.15) is 0 Å². The fourth-order valence-electron chi connectivity index (χ4n) is 1.71. The van der Waals surface area contributed by atoms with Gasteiger partial charge < -0.3 is 19.3 Å². The first-order valence-electron chi connectivity index (χ1n) is 5.12. The number of nitrogens with zero attached hydrogens (tertiary/aromatic N) is 2. The van der Waals surface area contributed by atoms with Gasteiger partial charge in [0.15, 0.2) is 0 Å². The van der Waals surface area contributed by atoms with E-state index in [4.69, 9.17) is 9.47 Å². The second-order valence-corrected chi connectivity index (χ2v) is 3.70. The van der Waals surface area contributed by atoms with E-state index >= 15 is 0 Å². The summed E-state index contributed by atoms with van der Waals surface area (Å²) in [4.78, 5) is 4.22. The summed E-state index contributed by atoms with van der Waals surface area (Å²) in [5, 5.41) is 0. The summed E-state index contributed by atoms with van der Waals surface area (Å²) < 4.78 is 10.5. The van der Waals surface area contributed by atoms with Crippen LogP contribution in [0.25, 0.3) is 0 Å². The normalized spacial score (nSPS) is 14.4. The number of anilines is 1. The lowest BCUT2D eigenvalue weighted by Gasteiger charge is -2.21. The van der Waals surface area contributed by atoms with Gasteiger partial charge in [-0.15, -0.1) is 0 Å². The zero-order chi connectivity index (χ0) is 11.5. The Kier molecular flexibility index (Phi) is 2.90. The largest absolute Gasteiger partial charge is 0.497 e. The van der Waals surface area contributed by atoms with Gasteiger partial charge in [0.25, 0.3) is 0 Å². The fourth-order valence-corrected chi connectivity index (χ4v) is 1.71. The maximum atomic E-state index is 5.36. The Morgan fingerprint density at radius 2 is 1.94 bits per heavy atom. The molecule has 1 aliphatic heterocycles.